The highest BCUT2D eigenvalue weighted by atomic mass is 16.5. The third-order valence-electron chi connectivity index (χ3n) is 5.92. The lowest BCUT2D eigenvalue weighted by atomic mass is 9.70. The van der Waals surface area contributed by atoms with Gasteiger partial charge in [-0.2, -0.15) is 0 Å². The van der Waals surface area contributed by atoms with E-state index in [1.54, 1.807) is 24.1 Å². The molecule has 0 spiro atoms. The summed E-state index contributed by atoms with van der Waals surface area (Å²) in [7, 11) is 1.56. The number of carboxylic acids is 1. The van der Waals surface area contributed by atoms with Gasteiger partial charge in [0.25, 0.3) is 5.91 Å². The number of benzene rings is 1. The van der Waals surface area contributed by atoms with Gasteiger partial charge in [0.15, 0.2) is 5.76 Å². The standard InChI is InChI=1S/C21H23NO5/c1-26-13-16-8-9-17(27-16)19(23)22-15-7-10-18(22)21(12-15,20(24)25)11-14-5-3-2-4-6-14/h2-6,8-9,15,18H,7,10-13H2,1H3,(H,24,25)/t15-,18+,21+/m0/s1. The van der Waals surface area contributed by atoms with Crippen molar-refractivity contribution in [3.05, 3.63) is 59.5 Å². The summed E-state index contributed by atoms with van der Waals surface area (Å²) in [4.78, 5) is 27.2. The van der Waals surface area contributed by atoms with Gasteiger partial charge < -0.3 is 19.2 Å². The van der Waals surface area contributed by atoms with Crippen LogP contribution in [0, 0.1) is 5.41 Å². The summed E-state index contributed by atoms with van der Waals surface area (Å²) in [6.45, 7) is 0.299. The van der Waals surface area contributed by atoms with Crippen molar-refractivity contribution in [2.24, 2.45) is 5.41 Å². The van der Waals surface area contributed by atoms with E-state index in [0.29, 0.717) is 31.6 Å². The second kappa shape index (κ2) is 6.85. The van der Waals surface area contributed by atoms with Gasteiger partial charge >= 0.3 is 5.97 Å². The molecule has 3 heterocycles. The predicted molar refractivity (Wildman–Crippen MR) is 97.2 cm³/mol. The van der Waals surface area contributed by atoms with Crippen molar-refractivity contribution in [1.82, 2.24) is 4.90 Å². The average molecular weight is 369 g/mol. The number of furan rings is 1. The van der Waals surface area contributed by atoms with Crippen molar-refractivity contribution in [2.45, 2.75) is 44.4 Å². The third-order valence-corrected chi connectivity index (χ3v) is 5.92. The van der Waals surface area contributed by atoms with Crippen LogP contribution in [0.1, 0.15) is 41.1 Å². The van der Waals surface area contributed by atoms with Crippen LogP contribution in [0.3, 0.4) is 0 Å². The zero-order chi connectivity index (χ0) is 19.0. The van der Waals surface area contributed by atoms with Crippen molar-refractivity contribution in [2.75, 3.05) is 7.11 Å². The van der Waals surface area contributed by atoms with E-state index in [-0.39, 0.29) is 23.8 Å². The third kappa shape index (κ3) is 2.94. The molecule has 3 atom stereocenters. The van der Waals surface area contributed by atoms with Gasteiger partial charge in [0.05, 0.1) is 5.41 Å². The molecule has 2 bridgehead atoms. The summed E-state index contributed by atoms with van der Waals surface area (Å²) in [5.41, 5.74) is 0.0437. The molecule has 2 aliphatic heterocycles. The summed E-state index contributed by atoms with van der Waals surface area (Å²) in [5.74, 6) is -0.210. The maximum atomic E-state index is 13.1. The summed E-state index contributed by atoms with van der Waals surface area (Å²) in [5, 5.41) is 10.1. The van der Waals surface area contributed by atoms with Crippen LogP contribution in [0.5, 0.6) is 0 Å². The molecule has 4 rings (SSSR count). The Kier molecular flexibility index (Phi) is 4.52. The number of nitrogens with zero attached hydrogens (tertiary/aromatic N) is 1. The number of carbonyl (C=O) groups is 2. The molecule has 2 saturated heterocycles. The topological polar surface area (TPSA) is 80.0 Å². The van der Waals surface area contributed by atoms with Crippen molar-refractivity contribution in [3.8, 4) is 0 Å². The van der Waals surface area contributed by atoms with Gasteiger partial charge in [-0.05, 0) is 43.4 Å². The lowest BCUT2D eigenvalue weighted by Crippen LogP contribution is -2.46. The van der Waals surface area contributed by atoms with Crippen LogP contribution in [-0.4, -0.2) is 41.1 Å². The fourth-order valence-corrected chi connectivity index (χ4v) is 4.79. The van der Waals surface area contributed by atoms with Crippen LogP contribution in [0.25, 0.3) is 0 Å². The molecular formula is C21H23NO5. The smallest absolute Gasteiger partial charge is 0.312 e. The number of ether oxygens (including phenoxy) is 1. The number of hydrogen-bond donors (Lipinski definition) is 1. The molecule has 2 aromatic rings. The molecule has 1 aromatic heterocycles. The first-order chi connectivity index (χ1) is 13.0. The fraction of sp³-hybridized carbons (Fsp3) is 0.429. The van der Waals surface area contributed by atoms with E-state index >= 15 is 0 Å². The van der Waals surface area contributed by atoms with Crippen LogP contribution < -0.4 is 0 Å². The van der Waals surface area contributed by atoms with Gasteiger partial charge in [-0.25, -0.2) is 0 Å². The molecule has 6 nitrogen and oxygen atoms in total. The summed E-state index contributed by atoms with van der Waals surface area (Å²) >= 11 is 0. The van der Waals surface area contributed by atoms with Crippen LogP contribution in [-0.2, 0) is 22.6 Å². The molecule has 0 unspecified atom stereocenters. The molecule has 1 amide bonds. The van der Waals surface area contributed by atoms with E-state index in [1.165, 1.54) is 0 Å². The largest absolute Gasteiger partial charge is 0.481 e. The molecule has 27 heavy (non-hydrogen) atoms. The van der Waals surface area contributed by atoms with Crippen molar-refractivity contribution >= 4 is 11.9 Å². The first kappa shape index (κ1) is 17.8. The molecule has 6 heteroatoms. The fourth-order valence-electron chi connectivity index (χ4n) is 4.79. The molecule has 2 aliphatic rings. The van der Waals surface area contributed by atoms with Crippen LogP contribution in [0.15, 0.2) is 46.9 Å². The zero-order valence-electron chi connectivity index (χ0n) is 15.3. The number of carboxylic acid groups (broad SMARTS) is 1. The number of aliphatic carboxylic acids is 1. The Hall–Kier alpha value is -2.60. The van der Waals surface area contributed by atoms with Crippen molar-refractivity contribution in [3.63, 3.8) is 0 Å². The SMILES string of the molecule is COCc1ccc(C(=O)N2[C@H]3CC[C@@H]2[C@](Cc2ccccc2)(C(=O)O)C3)o1. The number of rotatable bonds is 6. The Morgan fingerprint density at radius 3 is 2.70 bits per heavy atom. The molecule has 142 valence electrons. The summed E-state index contributed by atoms with van der Waals surface area (Å²) < 4.78 is 10.6. The Labute approximate surface area is 157 Å². The quantitative estimate of drug-likeness (QED) is 0.846. The molecule has 0 aliphatic carbocycles. The second-order valence-corrected chi connectivity index (χ2v) is 7.49. The minimum absolute atomic E-state index is 0.0571. The highest BCUT2D eigenvalue weighted by molar-refractivity contribution is 5.93. The second-order valence-electron chi connectivity index (χ2n) is 7.49. The van der Waals surface area contributed by atoms with E-state index < -0.39 is 11.4 Å². The Balaban J connectivity index is 1.62. The molecule has 1 N–H and O–H groups in total. The molecule has 1 aromatic carbocycles. The predicted octanol–water partition coefficient (Wildman–Crippen LogP) is 3.12. The van der Waals surface area contributed by atoms with Gasteiger partial charge in [0.1, 0.15) is 12.4 Å². The first-order valence-electron chi connectivity index (χ1n) is 9.23. The number of fused-ring (bicyclic) bond motifs is 2. The maximum absolute atomic E-state index is 13.1. The van der Waals surface area contributed by atoms with Crippen LogP contribution >= 0.6 is 0 Å². The lowest BCUT2D eigenvalue weighted by Gasteiger charge is -2.33. The average Bonchev–Trinajstić information content (AvgIpc) is 3.36. The van der Waals surface area contributed by atoms with E-state index in [4.69, 9.17) is 9.15 Å². The normalized spacial score (nSPS) is 26.5. The molecule has 0 radical (unpaired) electrons. The maximum Gasteiger partial charge on any atom is 0.312 e. The van der Waals surface area contributed by atoms with Gasteiger partial charge in [0.2, 0.25) is 0 Å². The van der Waals surface area contributed by atoms with Crippen molar-refractivity contribution < 1.29 is 23.8 Å². The van der Waals surface area contributed by atoms with Crippen molar-refractivity contribution in [1.29, 1.82) is 0 Å². The molecule has 0 saturated carbocycles. The highest BCUT2D eigenvalue weighted by Gasteiger charge is 2.61. The number of amides is 1. The number of hydrogen-bond acceptors (Lipinski definition) is 4. The van der Waals surface area contributed by atoms with E-state index in [9.17, 15) is 14.7 Å². The molecule has 2 fully saturated rings. The van der Waals surface area contributed by atoms with Crippen LogP contribution in [0.2, 0.25) is 0 Å². The number of carbonyl (C=O) groups excluding carboxylic acids is 1. The monoisotopic (exact) mass is 369 g/mol. The Bertz CT molecular complexity index is 845. The van der Waals surface area contributed by atoms with E-state index in [2.05, 4.69) is 0 Å². The summed E-state index contributed by atoms with van der Waals surface area (Å²) in [6, 6.07) is 12.7. The number of methoxy groups -OCH3 is 1. The molecular weight excluding hydrogens is 346 g/mol. The zero-order valence-corrected chi connectivity index (χ0v) is 15.3. The minimum atomic E-state index is -0.943. The minimum Gasteiger partial charge on any atom is -0.481 e. The van der Waals surface area contributed by atoms with Crippen LogP contribution in [0.4, 0.5) is 0 Å². The lowest BCUT2D eigenvalue weighted by molar-refractivity contribution is -0.150. The highest BCUT2D eigenvalue weighted by Crippen LogP contribution is 2.52. The van der Waals surface area contributed by atoms with Gasteiger partial charge in [-0.15, -0.1) is 0 Å². The Morgan fingerprint density at radius 2 is 2.00 bits per heavy atom. The first-order valence-corrected chi connectivity index (χ1v) is 9.23. The van der Waals surface area contributed by atoms with Gasteiger partial charge in [0, 0.05) is 19.2 Å². The van der Waals surface area contributed by atoms with E-state index in [0.717, 1.165) is 12.0 Å². The van der Waals surface area contributed by atoms with Gasteiger partial charge in [-0.3, -0.25) is 9.59 Å². The Morgan fingerprint density at radius 1 is 1.22 bits per heavy atom. The van der Waals surface area contributed by atoms with E-state index in [1.807, 2.05) is 30.3 Å². The summed E-state index contributed by atoms with van der Waals surface area (Å²) in [6.07, 6.45) is 2.47. The van der Waals surface area contributed by atoms with Gasteiger partial charge in [-0.1, -0.05) is 30.3 Å².